The van der Waals surface area contributed by atoms with Gasteiger partial charge < -0.3 is 5.73 Å². The Kier molecular flexibility index (Phi) is 2.60. The molecule has 2 nitrogen and oxygen atoms in total. The third-order valence-electron chi connectivity index (χ3n) is 1.36. The number of nitrogens with two attached hydrogens (primary N) is 1. The van der Waals surface area contributed by atoms with Gasteiger partial charge in [0.1, 0.15) is 11.6 Å². The highest BCUT2D eigenvalue weighted by Crippen LogP contribution is 2.16. The number of anilines is 1. The Balaban J connectivity index is 3.28. The topological polar surface area (TPSA) is 43.1 Å². The van der Waals surface area contributed by atoms with Crippen LogP contribution in [0.25, 0.3) is 0 Å². The smallest absolute Gasteiger partial charge is 0.193 e. The molecule has 0 saturated carbocycles. The summed E-state index contributed by atoms with van der Waals surface area (Å²) in [6.07, 6.45) is 0.322. The van der Waals surface area contributed by atoms with Crippen LogP contribution in [0, 0.1) is 23.5 Å². The first kappa shape index (κ1) is 9.20. The first-order chi connectivity index (χ1) is 6.15. The van der Waals surface area contributed by atoms with Gasteiger partial charge in [-0.2, -0.15) is 0 Å². The predicted molar refractivity (Wildman–Crippen MR) is 43.7 cm³/mol. The molecular weight excluding hydrogens is 176 g/mol. The van der Waals surface area contributed by atoms with Gasteiger partial charge in [-0.05, 0) is 12.0 Å². The van der Waals surface area contributed by atoms with Crippen molar-refractivity contribution in [2.45, 2.75) is 0 Å². The van der Waals surface area contributed by atoms with Crippen molar-refractivity contribution in [3.8, 4) is 11.8 Å². The van der Waals surface area contributed by atoms with Gasteiger partial charge in [0.05, 0.1) is 11.3 Å². The SMILES string of the molecule is Nc1c(F)cc(F)cc1C#CC=O. The number of hydrogen-bond donors (Lipinski definition) is 1. The fourth-order valence-corrected chi connectivity index (χ4v) is 0.795. The molecule has 1 aromatic rings. The van der Waals surface area contributed by atoms with E-state index in [9.17, 15) is 13.6 Å². The Hall–Kier alpha value is -1.89. The molecule has 0 spiro atoms. The van der Waals surface area contributed by atoms with Crippen LogP contribution in [-0.2, 0) is 4.79 Å². The summed E-state index contributed by atoms with van der Waals surface area (Å²) < 4.78 is 25.3. The molecule has 0 unspecified atom stereocenters. The normalized spacial score (nSPS) is 8.77. The van der Waals surface area contributed by atoms with E-state index in [0.29, 0.717) is 12.4 Å². The molecule has 0 radical (unpaired) electrons. The Morgan fingerprint density at radius 2 is 2.08 bits per heavy atom. The summed E-state index contributed by atoms with van der Waals surface area (Å²) in [5.74, 6) is 2.58. The van der Waals surface area contributed by atoms with E-state index in [2.05, 4.69) is 5.92 Å². The lowest BCUT2D eigenvalue weighted by molar-refractivity contribution is -0.103. The highest BCUT2D eigenvalue weighted by molar-refractivity contribution is 5.75. The van der Waals surface area contributed by atoms with Crippen LogP contribution in [0.5, 0.6) is 0 Å². The average molecular weight is 181 g/mol. The fourth-order valence-electron chi connectivity index (χ4n) is 0.795. The summed E-state index contributed by atoms with van der Waals surface area (Å²) in [5.41, 5.74) is 4.95. The summed E-state index contributed by atoms with van der Waals surface area (Å²) >= 11 is 0. The molecule has 0 fully saturated rings. The third kappa shape index (κ3) is 2.03. The third-order valence-corrected chi connectivity index (χ3v) is 1.36. The van der Waals surface area contributed by atoms with Crippen molar-refractivity contribution < 1.29 is 13.6 Å². The molecule has 0 aliphatic heterocycles. The second-order valence-corrected chi connectivity index (χ2v) is 2.24. The van der Waals surface area contributed by atoms with E-state index in [-0.39, 0.29) is 11.3 Å². The molecule has 0 aliphatic carbocycles. The van der Waals surface area contributed by atoms with E-state index in [1.165, 1.54) is 0 Å². The Bertz CT molecular complexity index is 404. The number of halogens is 2. The number of carbonyl (C=O) groups excluding carboxylic acids is 1. The van der Waals surface area contributed by atoms with Crippen LogP contribution in [0.1, 0.15) is 5.56 Å². The molecule has 0 aromatic heterocycles. The van der Waals surface area contributed by atoms with Crippen LogP contribution in [0.4, 0.5) is 14.5 Å². The highest BCUT2D eigenvalue weighted by Gasteiger charge is 2.05. The van der Waals surface area contributed by atoms with Crippen LogP contribution >= 0.6 is 0 Å². The summed E-state index contributed by atoms with van der Waals surface area (Å²) in [6.45, 7) is 0. The highest BCUT2D eigenvalue weighted by atomic mass is 19.1. The standard InChI is InChI=1S/C9H5F2NO/c10-7-4-6(2-1-3-13)9(12)8(11)5-7/h3-5H,12H2. The molecule has 1 aromatic carbocycles. The van der Waals surface area contributed by atoms with E-state index in [0.717, 1.165) is 6.07 Å². The van der Waals surface area contributed by atoms with Crippen molar-refractivity contribution in [3.05, 3.63) is 29.3 Å². The van der Waals surface area contributed by atoms with Crippen LogP contribution in [-0.4, -0.2) is 6.29 Å². The van der Waals surface area contributed by atoms with Crippen LogP contribution in [0.2, 0.25) is 0 Å². The minimum Gasteiger partial charge on any atom is -0.395 e. The van der Waals surface area contributed by atoms with Crippen LogP contribution in [0.15, 0.2) is 12.1 Å². The second kappa shape index (κ2) is 3.68. The van der Waals surface area contributed by atoms with Gasteiger partial charge in [-0.25, -0.2) is 8.78 Å². The molecule has 0 aliphatic rings. The predicted octanol–water partition coefficient (Wildman–Crippen LogP) is 1.10. The van der Waals surface area contributed by atoms with Crippen molar-refractivity contribution >= 4 is 12.0 Å². The van der Waals surface area contributed by atoms with Gasteiger partial charge in [-0.1, -0.05) is 5.92 Å². The number of carbonyl (C=O) groups is 1. The van der Waals surface area contributed by atoms with E-state index in [4.69, 9.17) is 5.73 Å². The summed E-state index contributed by atoms with van der Waals surface area (Å²) in [6, 6.07) is 1.62. The van der Waals surface area contributed by atoms with E-state index in [1.807, 2.05) is 5.92 Å². The summed E-state index contributed by atoms with van der Waals surface area (Å²) in [7, 11) is 0. The molecule has 0 heterocycles. The lowest BCUT2D eigenvalue weighted by Crippen LogP contribution is -1.96. The summed E-state index contributed by atoms with van der Waals surface area (Å²) in [5, 5.41) is 0. The molecule has 0 atom stereocenters. The zero-order chi connectivity index (χ0) is 9.84. The number of aldehydes is 1. The lowest BCUT2D eigenvalue weighted by atomic mass is 10.1. The molecule has 0 amide bonds. The zero-order valence-corrected chi connectivity index (χ0v) is 6.47. The van der Waals surface area contributed by atoms with Gasteiger partial charge in [0.25, 0.3) is 0 Å². The molecule has 0 bridgehead atoms. The van der Waals surface area contributed by atoms with Gasteiger partial charge in [0.15, 0.2) is 6.29 Å². The number of rotatable bonds is 0. The quantitative estimate of drug-likeness (QED) is 0.370. The Labute approximate surface area is 73.4 Å². The minimum atomic E-state index is -0.879. The zero-order valence-electron chi connectivity index (χ0n) is 6.47. The lowest BCUT2D eigenvalue weighted by Gasteiger charge is -1.99. The van der Waals surface area contributed by atoms with Crippen LogP contribution < -0.4 is 5.73 Å². The molecule has 1 rings (SSSR count). The monoisotopic (exact) mass is 181 g/mol. The van der Waals surface area contributed by atoms with E-state index < -0.39 is 11.6 Å². The fraction of sp³-hybridized carbons (Fsp3) is 0. The number of benzene rings is 1. The number of hydrogen-bond acceptors (Lipinski definition) is 2. The average Bonchev–Trinajstić information content (AvgIpc) is 2.09. The number of nitrogen functional groups attached to an aromatic ring is 1. The first-order valence-electron chi connectivity index (χ1n) is 3.35. The molecule has 2 N–H and O–H groups in total. The van der Waals surface area contributed by atoms with Crippen molar-refractivity contribution in [2.24, 2.45) is 0 Å². The van der Waals surface area contributed by atoms with E-state index in [1.54, 1.807) is 0 Å². The molecule has 13 heavy (non-hydrogen) atoms. The van der Waals surface area contributed by atoms with Crippen molar-refractivity contribution in [1.29, 1.82) is 0 Å². The van der Waals surface area contributed by atoms with Crippen molar-refractivity contribution in [2.75, 3.05) is 5.73 Å². The maximum atomic E-state index is 12.7. The molecule has 66 valence electrons. The summed E-state index contributed by atoms with van der Waals surface area (Å²) in [4.78, 5) is 9.86. The first-order valence-corrected chi connectivity index (χ1v) is 3.35. The van der Waals surface area contributed by atoms with Crippen LogP contribution in [0.3, 0.4) is 0 Å². The maximum absolute atomic E-state index is 12.7. The van der Waals surface area contributed by atoms with E-state index >= 15 is 0 Å². The molecule has 0 saturated heterocycles. The minimum absolute atomic E-state index is 0.0235. The second-order valence-electron chi connectivity index (χ2n) is 2.24. The van der Waals surface area contributed by atoms with Crippen molar-refractivity contribution in [3.63, 3.8) is 0 Å². The Morgan fingerprint density at radius 1 is 1.38 bits per heavy atom. The van der Waals surface area contributed by atoms with Gasteiger partial charge in [-0.15, -0.1) is 0 Å². The molecular formula is C9H5F2NO. The Morgan fingerprint density at radius 3 is 2.69 bits per heavy atom. The molecule has 4 heteroatoms. The largest absolute Gasteiger partial charge is 0.395 e. The van der Waals surface area contributed by atoms with Gasteiger partial charge in [0, 0.05) is 6.07 Å². The van der Waals surface area contributed by atoms with Gasteiger partial charge >= 0.3 is 0 Å². The maximum Gasteiger partial charge on any atom is 0.193 e. The van der Waals surface area contributed by atoms with Gasteiger partial charge in [0.2, 0.25) is 0 Å². The van der Waals surface area contributed by atoms with Gasteiger partial charge in [-0.3, -0.25) is 4.79 Å². The van der Waals surface area contributed by atoms with Crippen molar-refractivity contribution in [1.82, 2.24) is 0 Å².